The predicted octanol–water partition coefficient (Wildman–Crippen LogP) is 4.79. The van der Waals surface area contributed by atoms with Crippen molar-refractivity contribution >= 4 is 39.3 Å². The predicted molar refractivity (Wildman–Crippen MR) is 67.5 cm³/mol. The highest BCUT2D eigenvalue weighted by atomic mass is 79.9. The van der Waals surface area contributed by atoms with Gasteiger partial charge >= 0.3 is 0 Å². The van der Waals surface area contributed by atoms with Crippen molar-refractivity contribution in [2.45, 2.75) is 9.92 Å². The van der Waals surface area contributed by atoms with Crippen LogP contribution >= 0.6 is 39.3 Å². The van der Waals surface area contributed by atoms with Crippen molar-refractivity contribution in [1.29, 1.82) is 0 Å². The van der Waals surface area contributed by atoms with E-state index >= 15 is 0 Å². The summed E-state index contributed by atoms with van der Waals surface area (Å²) in [6.07, 6.45) is 1.57. The van der Waals surface area contributed by atoms with E-state index in [1.807, 2.05) is 12.1 Å². The molecule has 82 valence electrons. The topological polar surface area (TPSA) is 12.9 Å². The van der Waals surface area contributed by atoms with Crippen molar-refractivity contribution < 1.29 is 4.39 Å². The zero-order chi connectivity index (χ0) is 11.5. The lowest BCUT2D eigenvalue weighted by Gasteiger charge is -2.02. The fourth-order valence-electron chi connectivity index (χ4n) is 1.09. The van der Waals surface area contributed by atoms with Crippen LogP contribution in [0.15, 0.2) is 50.9 Å². The Hall–Kier alpha value is -0.580. The highest BCUT2D eigenvalue weighted by Gasteiger charge is 2.06. The van der Waals surface area contributed by atoms with E-state index in [0.717, 1.165) is 4.90 Å². The molecule has 5 heteroatoms. The molecule has 1 aromatic heterocycles. The molecule has 0 aliphatic heterocycles. The summed E-state index contributed by atoms with van der Waals surface area (Å²) in [6, 6.07) is 8.58. The maximum Gasteiger partial charge on any atom is 0.156 e. The summed E-state index contributed by atoms with van der Waals surface area (Å²) in [4.78, 5) is 4.90. The molecule has 0 atom stereocenters. The third kappa shape index (κ3) is 2.97. The molecular formula is C11H6BrClFNS. The Balaban J connectivity index is 2.23. The lowest BCUT2D eigenvalue weighted by molar-refractivity contribution is 0.586. The lowest BCUT2D eigenvalue weighted by atomic mass is 10.4. The highest BCUT2D eigenvalue weighted by Crippen LogP contribution is 2.29. The molecule has 0 saturated heterocycles. The van der Waals surface area contributed by atoms with Gasteiger partial charge in [0, 0.05) is 20.6 Å². The summed E-state index contributed by atoms with van der Waals surface area (Å²) in [5.74, 6) is -0.339. The number of rotatable bonds is 2. The Morgan fingerprint density at radius 2 is 1.94 bits per heavy atom. The standard InChI is InChI=1S/C11H6BrClFNS/c12-7-5-10(14)11(15-6-7)16-9-3-1-8(13)2-4-9/h1-6H. The Labute approximate surface area is 110 Å². The van der Waals surface area contributed by atoms with Gasteiger partial charge in [-0.15, -0.1) is 0 Å². The molecule has 0 aliphatic rings. The average Bonchev–Trinajstić information content (AvgIpc) is 2.25. The second-order valence-corrected chi connectivity index (χ2v) is 5.41. The smallest absolute Gasteiger partial charge is 0.156 e. The van der Waals surface area contributed by atoms with E-state index in [-0.39, 0.29) is 5.82 Å². The molecule has 1 heterocycles. The van der Waals surface area contributed by atoms with Gasteiger partial charge in [-0.05, 0) is 46.3 Å². The van der Waals surface area contributed by atoms with Gasteiger partial charge in [-0.25, -0.2) is 9.37 Å². The van der Waals surface area contributed by atoms with E-state index in [2.05, 4.69) is 20.9 Å². The van der Waals surface area contributed by atoms with Crippen LogP contribution in [0.1, 0.15) is 0 Å². The van der Waals surface area contributed by atoms with Crippen molar-refractivity contribution in [3.05, 3.63) is 51.8 Å². The number of pyridine rings is 1. The van der Waals surface area contributed by atoms with Gasteiger partial charge in [-0.3, -0.25) is 0 Å². The van der Waals surface area contributed by atoms with Crippen LogP contribution in [0.2, 0.25) is 5.02 Å². The Morgan fingerprint density at radius 1 is 1.25 bits per heavy atom. The van der Waals surface area contributed by atoms with Gasteiger partial charge in [-0.1, -0.05) is 23.4 Å². The van der Waals surface area contributed by atoms with Gasteiger partial charge in [0.05, 0.1) is 0 Å². The van der Waals surface area contributed by atoms with E-state index in [4.69, 9.17) is 11.6 Å². The first-order chi connectivity index (χ1) is 7.65. The summed E-state index contributed by atoms with van der Waals surface area (Å²) < 4.78 is 14.1. The van der Waals surface area contributed by atoms with Gasteiger partial charge in [-0.2, -0.15) is 0 Å². The molecule has 2 rings (SSSR count). The van der Waals surface area contributed by atoms with Gasteiger partial charge in [0.1, 0.15) is 5.03 Å². The highest BCUT2D eigenvalue weighted by molar-refractivity contribution is 9.10. The summed E-state index contributed by atoms with van der Waals surface area (Å²) in [7, 11) is 0. The largest absolute Gasteiger partial charge is 0.245 e. The van der Waals surface area contributed by atoms with Crippen LogP contribution in [0, 0.1) is 5.82 Å². The minimum Gasteiger partial charge on any atom is -0.245 e. The van der Waals surface area contributed by atoms with Crippen LogP contribution in [0.25, 0.3) is 0 Å². The Kier molecular flexibility index (Phi) is 3.84. The number of hydrogen-bond donors (Lipinski definition) is 0. The van der Waals surface area contributed by atoms with Crippen molar-refractivity contribution in [2.24, 2.45) is 0 Å². The van der Waals surface area contributed by atoms with Crippen LogP contribution in [-0.4, -0.2) is 4.98 Å². The molecule has 0 spiro atoms. The van der Waals surface area contributed by atoms with E-state index < -0.39 is 0 Å². The van der Waals surface area contributed by atoms with E-state index in [9.17, 15) is 4.39 Å². The summed E-state index contributed by atoms with van der Waals surface area (Å²) >= 11 is 10.2. The third-order valence-electron chi connectivity index (χ3n) is 1.80. The first kappa shape index (κ1) is 11.9. The number of aromatic nitrogens is 1. The fraction of sp³-hybridized carbons (Fsp3) is 0. The molecule has 1 nitrogen and oxygen atoms in total. The molecule has 0 fully saturated rings. The summed E-state index contributed by atoms with van der Waals surface area (Å²) in [5, 5.41) is 1.01. The van der Waals surface area contributed by atoms with Crippen LogP contribution in [-0.2, 0) is 0 Å². The van der Waals surface area contributed by atoms with Crippen LogP contribution < -0.4 is 0 Å². The quantitative estimate of drug-likeness (QED) is 0.790. The van der Waals surface area contributed by atoms with E-state index in [0.29, 0.717) is 14.5 Å². The van der Waals surface area contributed by atoms with Crippen LogP contribution in [0.3, 0.4) is 0 Å². The zero-order valence-corrected chi connectivity index (χ0v) is 11.1. The second kappa shape index (κ2) is 5.17. The second-order valence-electron chi connectivity index (χ2n) is 3.00. The van der Waals surface area contributed by atoms with Gasteiger partial charge < -0.3 is 0 Å². The zero-order valence-electron chi connectivity index (χ0n) is 7.95. The number of benzene rings is 1. The van der Waals surface area contributed by atoms with Crippen molar-refractivity contribution in [3.63, 3.8) is 0 Å². The third-order valence-corrected chi connectivity index (χ3v) is 3.49. The fourth-order valence-corrected chi connectivity index (χ4v) is 2.28. The Bertz CT molecular complexity index is 504. The van der Waals surface area contributed by atoms with Crippen molar-refractivity contribution in [1.82, 2.24) is 4.98 Å². The number of nitrogens with zero attached hydrogens (tertiary/aromatic N) is 1. The minimum atomic E-state index is -0.339. The molecule has 16 heavy (non-hydrogen) atoms. The van der Waals surface area contributed by atoms with Crippen LogP contribution in [0.4, 0.5) is 4.39 Å². The molecular weight excluding hydrogens is 313 g/mol. The normalized spacial score (nSPS) is 10.4. The first-order valence-corrected chi connectivity index (χ1v) is 6.38. The SMILES string of the molecule is Fc1cc(Br)cnc1Sc1ccc(Cl)cc1. The molecule has 0 amide bonds. The summed E-state index contributed by atoms with van der Waals surface area (Å²) in [6.45, 7) is 0. The maximum atomic E-state index is 13.5. The monoisotopic (exact) mass is 317 g/mol. The molecule has 0 N–H and O–H groups in total. The molecule has 0 unspecified atom stereocenters. The summed E-state index contributed by atoms with van der Waals surface area (Å²) in [5.41, 5.74) is 0. The molecule has 1 aromatic carbocycles. The average molecular weight is 319 g/mol. The molecule has 0 aliphatic carbocycles. The van der Waals surface area contributed by atoms with E-state index in [1.165, 1.54) is 17.8 Å². The van der Waals surface area contributed by atoms with Gasteiger partial charge in [0.25, 0.3) is 0 Å². The van der Waals surface area contributed by atoms with Gasteiger partial charge in [0.15, 0.2) is 5.82 Å². The molecule has 0 saturated carbocycles. The van der Waals surface area contributed by atoms with Gasteiger partial charge in [0.2, 0.25) is 0 Å². The lowest BCUT2D eigenvalue weighted by Crippen LogP contribution is -1.86. The first-order valence-electron chi connectivity index (χ1n) is 4.39. The molecule has 0 bridgehead atoms. The van der Waals surface area contributed by atoms with E-state index in [1.54, 1.807) is 18.3 Å². The van der Waals surface area contributed by atoms with Crippen molar-refractivity contribution in [2.75, 3.05) is 0 Å². The number of halogens is 3. The number of hydrogen-bond acceptors (Lipinski definition) is 2. The molecule has 2 aromatic rings. The minimum absolute atomic E-state index is 0.339. The molecule has 0 radical (unpaired) electrons. The van der Waals surface area contributed by atoms with Crippen LogP contribution in [0.5, 0.6) is 0 Å². The van der Waals surface area contributed by atoms with Crippen molar-refractivity contribution in [3.8, 4) is 0 Å². The maximum absolute atomic E-state index is 13.5. The Morgan fingerprint density at radius 3 is 2.56 bits per heavy atom.